The number of hydrogen-bond acceptors (Lipinski definition) is 7. The Labute approximate surface area is 184 Å². The van der Waals surface area contributed by atoms with Crippen molar-refractivity contribution in [2.75, 3.05) is 6.61 Å². The number of aromatic nitrogens is 2. The van der Waals surface area contributed by atoms with Crippen LogP contribution in [0.15, 0.2) is 46.7 Å². The van der Waals surface area contributed by atoms with Crippen LogP contribution in [0.2, 0.25) is 0 Å². The second-order valence-electron chi connectivity index (χ2n) is 6.81. The number of carbonyl (C=O) groups is 2. The first kappa shape index (κ1) is 22.6. The van der Waals surface area contributed by atoms with E-state index in [9.17, 15) is 18.0 Å². The van der Waals surface area contributed by atoms with E-state index < -0.39 is 22.6 Å². The van der Waals surface area contributed by atoms with Crippen molar-refractivity contribution in [3.05, 3.63) is 69.4 Å². The molecule has 0 fully saturated rings. The van der Waals surface area contributed by atoms with Gasteiger partial charge in [0.05, 0.1) is 15.6 Å². The zero-order chi connectivity index (χ0) is 22.8. The summed E-state index contributed by atoms with van der Waals surface area (Å²) < 4.78 is 29.8. The van der Waals surface area contributed by atoms with Gasteiger partial charge in [0.25, 0.3) is 0 Å². The number of carbonyl (C=O) groups excluding carboxylic acids is 2. The molecule has 0 aliphatic heterocycles. The van der Waals surface area contributed by atoms with Crippen LogP contribution in [0.25, 0.3) is 11.8 Å². The molecule has 0 saturated carbocycles. The van der Waals surface area contributed by atoms with Crippen molar-refractivity contribution in [3.63, 3.8) is 0 Å². The topological polar surface area (TPSA) is 121 Å². The molecule has 2 aromatic heterocycles. The summed E-state index contributed by atoms with van der Waals surface area (Å²) in [5, 5.41) is 7.84. The molecule has 0 saturated heterocycles. The summed E-state index contributed by atoms with van der Waals surface area (Å²) in [6.45, 7) is 5.06. The minimum atomic E-state index is -3.79. The fourth-order valence-electron chi connectivity index (χ4n) is 3.10. The molecule has 0 bridgehead atoms. The molecule has 10 heteroatoms. The molecule has 0 spiro atoms. The van der Waals surface area contributed by atoms with Gasteiger partial charge in [-0.3, -0.25) is 4.79 Å². The Morgan fingerprint density at radius 2 is 1.87 bits per heavy atom. The lowest BCUT2D eigenvalue weighted by Gasteiger charge is -2.10. The van der Waals surface area contributed by atoms with E-state index in [1.165, 1.54) is 35.6 Å². The number of ketones is 1. The summed E-state index contributed by atoms with van der Waals surface area (Å²) in [5.74, 6) is -0.974. The highest BCUT2D eigenvalue weighted by Gasteiger charge is 2.18. The van der Waals surface area contributed by atoms with Crippen molar-refractivity contribution in [3.8, 4) is 5.69 Å². The quantitative estimate of drug-likeness (QED) is 0.329. The van der Waals surface area contributed by atoms with Gasteiger partial charge in [0.2, 0.25) is 15.8 Å². The van der Waals surface area contributed by atoms with Crippen molar-refractivity contribution >= 4 is 39.2 Å². The third kappa shape index (κ3) is 5.35. The molecule has 3 aromatic rings. The van der Waals surface area contributed by atoms with E-state index in [0.717, 1.165) is 10.7 Å². The predicted octanol–water partition coefficient (Wildman–Crippen LogP) is 2.95. The van der Waals surface area contributed by atoms with Gasteiger partial charge in [0, 0.05) is 34.1 Å². The van der Waals surface area contributed by atoms with Gasteiger partial charge in [0.1, 0.15) is 0 Å². The fraction of sp³-hybridized carbons (Fsp3) is 0.190. The molecule has 0 amide bonds. The number of hydrogen-bond donors (Lipinski definition) is 1. The highest BCUT2D eigenvalue weighted by atomic mass is 32.2. The van der Waals surface area contributed by atoms with Gasteiger partial charge < -0.3 is 9.30 Å². The van der Waals surface area contributed by atoms with Crippen molar-refractivity contribution in [1.29, 1.82) is 0 Å². The van der Waals surface area contributed by atoms with E-state index in [2.05, 4.69) is 4.98 Å². The Balaban J connectivity index is 1.71. The number of nitrogens with zero attached hydrogens (tertiary/aromatic N) is 2. The number of ether oxygens (including phenoxy) is 1. The summed E-state index contributed by atoms with van der Waals surface area (Å²) >= 11 is 1.47. The lowest BCUT2D eigenvalue weighted by Crippen LogP contribution is -2.13. The van der Waals surface area contributed by atoms with Crippen LogP contribution in [0.3, 0.4) is 0 Å². The highest BCUT2D eigenvalue weighted by Crippen LogP contribution is 2.22. The average molecular weight is 460 g/mol. The Hall–Kier alpha value is -3.08. The van der Waals surface area contributed by atoms with Crippen molar-refractivity contribution < 1.29 is 22.7 Å². The number of nitrogens with two attached hydrogens (primary N) is 1. The van der Waals surface area contributed by atoms with Gasteiger partial charge in [-0.2, -0.15) is 0 Å². The van der Waals surface area contributed by atoms with Crippen LogP contribution in [0.1, 0.15) is 32.4 Å². The molecule has 0 aliphatic rings. The van der Waals surface area contributed by atoms with Gasteiger partial charge in [-0.05, 0) is 57.2 Å². The summed E-state index contributed by atoms with van der Waals surface area (Å²) in [7, 11) is -3.79. The fourth-order valence-corrected chi connectivity index (χ4v) is 4.20. The molecule has 1 aromatic carbocycles. The molecular formula is C21H21N3O5S2. The monoisotopic (exact) mass is 459 g/mol. The Bertz CT molecular complexity index is 1270. The van der Waals surface area contributed by atoms with Crippen LogP contribution in [0, 0.1) is 20.8 Å². The number of sulfonamides is 1. The zero-order valence-electron chi connectivity index (χ0n) is 17.2. The molecule has 162 valence electrons. The first-order valence-corrected chi connectivity index (χ1v) is 11.6. The summed E-state index contributed by atoms with van der Waals surface area (Å²) in [6, 6.07) is 7.73. The van der Waals surface area contributed by atoms with Crippen LogP contribution in [0.4, 0.5) is 0 Å². The van der Waals surface area contributed by atoms with Crippen LogP contribution in [-0.2, 0) is 19.6 Å². The first-order chi connectivity index (χ1) is 14.6. The molecule has 8 nitrogen and oxygen atoms in total. The van der Waals surface area contributed by atoms with Gasteiger partial charge >= 0.3 is 5.97 Å². The van der Waals surface area contributed by atoms with E-state index in [1.54, 1.807) is 25.1 Å². The number of thiazole rings is 1. The summed E-state index contributed by atoms with van der Waals surface area (Å²) in [4.78, 5) is 28.7. The van der Waals surface area contributed by atoms with Gasteiger partial charge in [-0.1, -0.05) is 0 Å². The van der Waals surface area contributed by atoms with Gasteiger partial charge in [0.15, 0.2) is 6.61 Å². The predicted molar refractivity (Wildman–Crippen MR) is 118 cm³/mol. The van der Waals surface area contributed by atoms with E-state index >= 15 is 0 Å². The maximum absolute atomic E-state index is 12.6. The molecular weight excluding hydrogens is 438 g/mol. The Morgan fingerprint density at radius 1 is 1.19 bits per heavy atom. The van der Waals surface area contributed by atoms with Crippen LogP contribution >= 0.6 is 11.3 Å². The standard InChI is InChI=1S/C21H21N3O5S2/c1-13-10-19(14(2)24(13)17-5-7-18(8-6-17)31(22,27)28)20(25)11-29-21(26)9-4-16-12-30-15(3)23-16/h4-10,12H,11H2,1-3H3,(H2,22,27,28)/b9-4+. The molecule has 2 N–H and O–H groups in total. The minimum Gasteiger partial charge on any atom is -0.454 e. The van der Waals surface area contributed by atoms with E-state index in [-0.39, 0.29) is 10.7 Å². The second kappa shape index (κ2) is 8.96. The third-order valence-corrected chi connectivity index (χ3v) is 6.25. The average Bonchev–Trinajstić information content (AvgIpc) is 3.26. The zero-order valence-corrected chi connectivity index (χ0v) is 18.8. The van der Waals surface area contributed by atoms with Gasteiger partial charge in [-0.15, -0.1) is 11.3 Å². The number of Topliss-reactive ketones (excluding diaryl/α,β-unsaturated/α-hetero) is 1. The van der Waals surface area contributed by atoms with E-state index in [1.807, 2.05) is 23.8 Å². The molecule has 0 atom stereocenters. The normalized spacial score (nSPS) is 11.7. The molecule has 31 heavy (non-hydrogen) atoms. The lowest BCUT2D eigenvalue weighted by molar-refractivity contribution is -0.136. The number of rotatable bonds is 7. The third-order valence-electron chi connectivity index (χ3n) is 4.53. The Morgan fingerprint density at radius 3 is 2.45 bits per heavy atom. The van der Waals surface area contributed by atoms with Crippen LogP contribution in [-0.4, -0.2) is 36.3 Å². The number of esters is 1. The lowest BCUT2D eigenvalue weighted by atomic mass is 10.1. The molecule has 3 rings (SSSR count). The summed E-state index contributed by atoms with van der Waals surface area (Å²) in [5.41, 5.74) is 3.17. The first-order valence-electron chi connectivity index (χ1n) is 9.18. The van der Waals surface area contributed by atoms with E-state index in [0.29, 0.717) is 22.6 Å². The molecule has 2 heterocycles. The molecule has 0 radical (unpaired) electrons. The number of primary sulfonamides is 1. The number of aryl methyl sites for hydroxylation is 2. The van der Waals surface area contributed by atoms with Crippen molar-refractivity contribution in [2.24, 2.45) is 5.14 Å². The van der Waals surface area contributed by atoms with E-state index in [4.69, 9.17) is 9.88 Å². The van der Waals surface area contributed by atoms with Crippen molar-refractivity contribution in [1.82, 2.24) is 9.55 Å². The molecule has 0 aliphatic carbocycles. The minimum absolute atomic E-state index is 0.00258. The van der Waals surface area contributed by atoms with Crippen LogP contribution in [0.5, 0.6) is 0 Å². The highest BCUT2D eigenvalue weighted by molar-refractivity contribution is 7.89. The van der Waals surface area contributed by atoms with Crippen molar-refractivity contribution in [2.45, 2.75) is 25.7 Å². The van der Waals surface area contributed by atoms with Gasteiger partial charge in [-0.25, -0.2) is 23.3 Å². The second-order valence-corrected chi connectivity index (χ2v) is 9.44. The maximum Gasteiger partial charge on any atom is 0.331 e. The maximum atomic E-state index is 12.6. The number of benzene rings is 1. The van der Waals surface area contributed by atoms with Crippen LogP contribution < -0.4 is 5.14 Å². The largest absolute Gasteiger partial charge is 0.454 e. The Kier molecular flexibility index (Phi) is 6.54. The molecule has 0 unspecified atom stereocenters. The summed E-state index contributed by atoms with van der Waals surface area (Å²) in [6.07, 6.45) is 2.77. The SMILES string of the molecule is Cc1nc(/C=C/C(=O)OCC(=O)c2cc(C)n(-c3ccc(S(N)(=O)=O)cc3)c2C)cs1. The smallest absolute Gasteiger partial charge is 0.331 e.